The van der Waals surface area contributed by atoms with Crippen LogP contribution in [-0.4, -0.2) is 20.7 Å². The molecule has 0 aliphatic rings. The fraction of sp³-hybridized carbons (Fsp3) is 0.136. The lowest BCUT2D eigenvalue weighted by Crippen LogP contribution is -2.14. The smallest absolute Gasteiger partial charge is 0.229 e. The Bertz CT molecular complexity index is 1140. The summed E-state index contributed by atoms with van der Waals surface area (Å²) in [6.45, 7) is 2.69. The van der Waals surface area contributed by atoms with E-state index in [0.717, 1.165) is 26.2 Å². The highest BCUT2D eigenvalue weighted by atomic mass is 79.9. The van der Waals surface area contributed by atoms with E-state index in [0.29, 0.717) is 17.7 Å². The van der Waals surface area contributed by atoms with Crippen LogP contribution in [0.25, 0.3) is 0 Å². The number of nitrogens with zero attached hydrogens (tertiary/aromatic N) is 3. The maximum Gasteiger partial charge on any atom is 0.229 e. The molecule has 0 bridgehead atoms. The molecule has 2 aromatic heterocycles. The van der Waals surface area contributed by atoms with Crippen molar-refractivity contribution in [2.75, 3.05) is 5.32 Å². The van der Waals surface area contributed by atoms with Gasteiger partial charge in [0.15, 0.2) is 5.16 Å². The number of amides is 1. The largest absolute Gasteiger partial charge is 0.325 e. The molecule has 0 fully saturated rings. The van der Waals surface area contributed by atoms with Crippen molar-refractivity contribution in [1.29, 1.82) is 0 Å². The van der Waals surface area contributed by atoms with E-state index >= 15 is 0 Å². The molecular weight excluding hydrogens is 480 g/mol. The number of rotatable bonds is 7. The molecular formula is C22H19BrN4OS2. The van der Waals surface area contributed by atoms with E-state index in [4.69, 9.17) is 0 Å². The van der Waals surface area contributed by atoms with Crippen LogP contribution < -0.4 is 5.32 Å². The van der Waals surface area contributed by atoms with Gasteiger partial charge in [-0.25, -0.2) is 4.68 Å². The summed E-state index contributed by atoms with van der Waals surface area (Å²) in [5.74, 6) is -0.0344. The first kappa shape index (κ1) is 20.8. The molecule has 0 saturated carbocycles. The van der Waals surface area contributed by atoms with Crippen LogP contribution in [0.1, 0.15) is 16.0 Å². The molecule has 0 spiro atoms. The maximum atomic E-state index is 12.5. The fourth-order valence-corrected chi connectivity index (χ4v) is 4.96. The van der Waals surface area contributed by atoms with Gasteiger partial charge in [0.1, 0.15) is 0 Å². The Morgan fingerprint density at radius 1 is 1.13 bits per heavy atom. The maximum absolute atomic E-state index is 12.5. The van der Waals surface area contributed by atoms with E-state index < -0.39 is 0 Å². The third kappa shape index (κ3) is 5.38. The Hall–Kier alpha value is -2.42. The Morgan fingerprint density at radius 2 is 1.93 bits per heavy atom. The molecule has 0 aliphatic carbocycles. The van der Waals surface area contributed by atoms with E-state index in [2.05, 4.69) is 62.5 Å². The monoisotopic (exact) mass is 498 g/mol. The molecule has 0 unspecified atom stereocenters. The molecule has 4 aromatic rings. The number of hydrogen-bond donors (Lipinski definition) is 1. The van der Waals surface area contributed by atoms with Crippen LogP contribution in [0, 0.1) is 6.92 Å². The number of aromatic nitrogens is 3. The summed E-state index contributed by atoms with van der Waals surface area (Å²) in [6.07, 6.45) is 0.367. The van der Waals surface area contributed by atoms with Gasteiger partial charge in [0.25, 0.3) is 0 Å². The standard InChI is InChI=1S/C22H19BrN4OS2/c1-15-8-10-16(11-9-15)14-27-22(25-21(23)26-27)30-19-7-3-2-6-18(19)24-20(28)13-17-5-4-12-29-17/h2-12H,13-14H2,1H3,(H,24,28). The molecule has 0 radical (unpaired) electrons. The van der Waals surface area contributed by atoms with Gasteiger partial charge in [-0.2, -0.15) is 4.98 Å². The lowest BCUT2D eigenvalue weighted by atomic mass is 10.1. The number of carbonyl (C=O) groups excluding carboxylic acids is 1. The van der Waals surface area contributed by atoms with Crippen molar-refractivity contribution in [3.05, 3.63) is 86.8 Å². The zero-order valence-electron chi connectivity index (χ0n) is 16.2. The summed E-state index contributed by atoms with van der Waals surface area (Å²) in [4.78, 5) is 19.0. The Labute approximate surface area is 191 Å². The van der Waals surface area contributed by atoms with Crippen LogP contribution in [-0.2, 0) is 17.8 Å². The molecule has 5 nitrogen and oxygen atoms in total. The van der Waals surface area contributed by atoms with Crippen LogP contribution in [0.2, 0.25) is 0 Å². The summed E-state index contributed by atoms with van der Waals surface area (Å²) in [5.41, 5.74) is 3.14. The molecule has 0 aliphatic heterocycles. The van der Waals surface area contributed by atoms with E-state index in [1.807, 2.05) is 46.5 Å². The SMILES string of the molecule is Cc1ccc(Cn2nc(Br)nc2Sc2ccccc2NC(=O)Cc2cccs2)cc1. The Balaban J connectivity index is 1.52. The highest BCUT2D eigenvalue weighted by Crippen LogP contribution is 2.33. The van der Waals surface area contributed by atoms with E-state index in [1.54, 1.807) is 11.3 Å². The molecule has 1 amide bonds. The number of benzene rings is 2. The van der Waals surface area contributed by atoms with Crippen LogP contribution in [0.4, 0.5) is 5.69 Å². The minimum absolute atomic E-state index is 0.0344. The number of thiophene rings is 1. The van der Waals surface area contributed by atoms with Crippen LogP contribution in [0.15, 0.2) is 80.8 Å². The second-order valence-electron chi connectivity index (χ2n) is 6.71. The van der Waals surface area contributed by atoms with Gasteiger partial charge >= 0.3 is 0 Å². The molecule has 0 atom stereocenters. The molecule has 2 aromatic carbocycles. The lowest BCUT2D eigenvalue weighted by Gasteiger charge is -2.11. The topological polar surface area (TPSA) is 59.8 Å². The zero-order chi connectivity index (χ0) is 20.9. The summed E-state index contributed by atoms with van der Waals surface area (Å²) >= 11 is 6.45. The molecule has 30 heavy (non-hydrogen) atoms. The van der Waals surface area contributed by atoms with E-state index in [1.165, 1.54) is 17.3 Å². The van der Waals surface area contributed by atoms with Crippen molar-refractivity contribution in [3.8, 4) is 0 Å². The molecule has 152 valence electrons. The second-order valence-corrected chi connectivity index (χ2v) is 9.46. The lowest BCUT2D eigenvalue weighted by molar-refractivity contribution is -0.115. The van der Waals surface area contributed by atoms with Gasteiger partial charge in [-0.1, -0.05) is 48.0 Å². The van der Waals surface area contributed by atoms with Gasteiger partial charge < -0.3 is 5.32 Å². The number of carbonyl (C=O) groups is 1. The van der Waals surface area contributed by atoms with Crippen molar-refractivity contribution in [2.24, 2.45) is 0 Å². The van der Waals surface area contributed by atoms with E-state index in [-0.39, 0.29) is 5.91 Å². The number of anilines is 1. The predicted molar refractivity (Wildman–Crippen MR) is 125 cm³/mol. The van der Waals surface area contributed by atoms with Crippen molar-refractivity contribution < 1.29 is 4.79 Å². The van der Waals surface area contributed by atoms with Gasteiger partial charge in [0.2, 0.25) is 10.6 Å². The summed E-state index contributed by atoms with van der Waals surface area (Å²) in [5, 5.41) is 10.2. The van der Waals surface area contributed by atoms with Gasteiger partial charge in [0, 0.05) is 9.77 Å². The van der Waals surface area contributed by atoms with Crippen LogP contribution >= 0.6 is 39.0 Å². The Kier molecular flexibility index (Phi) is 6.66. The molecule has 4 rings (SSSR count). The summed E-state index contributed by atoms with van der Waals surface area (Å²) in [6, 6.07) is 20.0. The van der Waals surface area contributed by atoms with Gasteiger partial charge in [-0.15, -0.1) is 16.4 Å². The van der Waals surface area contributed by atoms with Gasteiger partial charge in [0.05, 0.1) is 18.7 Å². The first-order valence-electron chi connectivity index (χ1n) is 9.32. The highest BCUT2D eigenvalue weighted by molar-refractivity contribution is 9.10. The minimum atomic E-state index is -0.0344. The highest BCUT2D eigenvalue weighted by Gasteiger charge is 2.14. The first-order chi connectivity index (χ1) is 14.6. The van der Waals surface area contributed by atoms with Crippen molar-refractivity contribution in [1.82, 2.24) is 14.8 Å². The third-order valence-corrected chi connectivity index (χ3v) is 6.61. The molecule has 8 heteroatoms. The minimum Gasteiger partial charge on any atom is -0.325 e. The number of nitrogens with one attached hydrogen (secondary N) is 1. The van der Waals surface area contributed by atoms with Gasteiger partial charge in [-0.05, 0) is 63.8 Å². The Morgan fingerprint density at radius 3 is 2.70 bits per heavy atom. The van der Waals surface area contributed by atoms with Crippen LogP contribution in [0.5, 0.6) is 0 Å². The average Bonchev–Trinajstić information content (AvgIpc) is 3.34. The average molecular weight is 499 g/mol. The number of hydrogen-bond acceptors (Lipinski definition) is 5. The van der Waals surface area contributed by atoms with E-state index in [9.17, 15) is 4.79 Å². The number of halogens is 1. The summed E-state index contributed by atoms with van der Waals surface area (Å²) < 4.78 is 2.40. The van der Waals surface area contributed by atoms with Crippen LogP contribution in [0.3, 0.4) is 0 Å². The molecule has 0 saturated heterocycles. The quantitative estimate of drug-likeness (QED) is 0.350. The normalized spacial score (nSPS) is 10.9. The number of para-hydroxylation sites is 1. The van der Waals surface area contributed by atoms with Crippen molar-refractivity contribution in [3.63, 3.8) is 0 Å². The van der Waals surface area contributed by atoms with Gasteiger partial charge in [-0.3, -0.25) is 4.79 Å². The second kappa shape index (κ2) is 9.59. The third-order valence-electron chi connectivity index (χ3n) is 4.34. The molecule has 2 heterocycles. The first-order valence-corrected chi connectivity index (χ1v) is 11.8. The fourth-order valence-electron chi connectivity index (χ4n) is 2.87. The molecule has 1 N–H and O–H groups in total. The number of aryl methyl sites for hydroxylation is 1. The van der Waals surface area contributed by atoms with Crippen molar-refractivity contribution >= 4 is 50.6 Å². The summed E-state index contributed by atoms with van der Waals surface area (Å²) in [7, 11) is 0. The zero-order valence-corrected chi connectivity index (χ0v) is 19.4. The van der Waals surface area contributed by atoms with Crippen molar-refractivity contribution in [2.45, 2.75) is 29.9 Å². The predicted octanol–water partition coefficient (Wildman–Crippen LogP) is 5.79.